The van der Waals surface area contributed by atoms with E-state index in [9.17, 15) is 9.90 Å². The second-order valence-corrected chi connectivity index (χ2v) is 6.25. The molecular formula is C14H18BrN3O3. The highest BCUT2D eigenvalue weighted by molar-refractivity contribution is 9.10. The van der Waals surface area contributed by atoms with Crippen LogP contribution in [0.3, 0.4) is 0 Å². The molecule has 0 aromatic heterocycles. The van der Waals surface area contributed by atoms with Crippen molar-refractivity contribution in [2.75, 3.05) is 33.3 Å². The number of ether oxygens (including phenoxy) is 1. The van der Waals surface area contributed by atoms with Crippen molar-refractivity contribution in [3.8, 4) is 11.5 Å². The SMILES string of the molecule is COc1cc(CN2CCN3C(=O)NCC3C2)cc(Br)c1O. The Morgan fingerprint density at radius 2 is 2.29 bits per heavy atom. The lowest BCUT2D eigenvalue weighted by Crippen LogP contribution is -2.51. The fourth-order valence-corrected chi connectivity index (χ4v) is 3.43. The number of halogens is 1. The maximum absolute atomic E-state index is 11.6. The first-order chi connectivity index (χ1) is 10.1. The van der Waals surface area contributed by atoms with Gasteiger partial charge in [0.05, 0.1) is 17.6 Å². The van der Waals surface area contributed by atoms with Gasteiger partial charge in [-0.05, 0) is 33.6 Å². The van der Waals surface area contributed by atoms with E-state index in [0.29, 0.717) is 10.2 Å². The standard InChI is InChI=1S/C14H18BrN3O3/c1-21-12-5-9(4-11(15)13(12)19)7-17-2-3-18-10(8-17)6-16-14(18)20/h4-5,10,19H,2-3,6-8H2,1H3,(H,16,20). The number of nitrogens with one attached hydrogen (secondary N) is 1. The number of urea groups is 1. The molecule has 6 nitrogen and oxygen atoms in total. The summed E-state index contributed by atoms with van der Waals surface area (Å²) in [6, 6.07) is 4.06. The number of phenols is 1. The molecule has 3 rings (SSSR count). The highest BCUT2D eigenvalue weighted by Gasteiger charge is 2.35. The average molecular weight is 356 g/mol. The fourth-order valence-electron chi connectivity index (χ4n) is 2.94. The Balaban J connectivity index is 1.70. The summed E-state index contributed by atoms with van der Waals surface area (Å²) in [5.41, 5.74) is 1.07. The van der Waals surface area contributed by atoms with Crippen molar-refractivity contribution < 1.29 is 14.6 Å². The molecule has 0 radical (unpaired) electrons. The van der Waals surface area contributed by atoms with E-state index in [1.807, 2.05) is 17.0 Å². The van der Waals surface area contributed by atoms with Crippen molar-refractivity contribution in [2.45, 2.75) is 12.6 Å². The first-order valence-corrected chi connectivity index (χ1v) is 7.70. The largest absolute Gasteiger partial charge is 0.503 e. The van der Waals surface area contributed by atoms with Crippen molar-refractivity contribution in [3.05, 3.63) is 22.2 Å². The second kappa shape index (κ2) is 5.73. The molecule has 2 N–H and O–H groups in total. The summed E-state index contributed by atoms with van der Waals surface area (Å²) >= 11 is 3.34. The molecule has 0 aliphatic carbocycles. The van der Waals surface area contributed by atoms with Gasteiger partial charge in [-0.2, -0.15) is 0 Å². The molecule has 21 heavy (non-hydrogen) atoms. The Bertz CT molecular complexity index is 567. The number of hydrogen-bond donors (Lipinski definition) is 2. The van der Waals surface area contributed by atoms with Gasteiger partial charge in [0, 0.05) is 32.7 Å². The molecule has 2 aliphatic rings. The predicted octanol–water partition coefficient (Wildman–Crippen LogP) is 1.37. The van der Waals surface area contributed by atoms with Gasteiger partial charge in [0.15, 0.2) is 11.5 Å². The van der Waals surface area contributed by atoms with E-state index in [2.05, 4.69) is 26.1 Å². The third-order valence-corrected chi connectivity index (χ3v) is 4.64. The molecule has 7 heteroatoms. The molecule has 1 aromatic rings. The van der Waals surface area contributed by atoms with Crippen LogP contribution < -0.4 is 10.1 Å². The molecular weight excluding hydrogens is 338 g/mol. The maximum atomic E-state index is 11.6. The van der Waals surface area contributed by atoms with E-state index >= 15 is 0 Å². The van der Waals surface area contributed by atoms with Gasteiger partial charge in [0.2, 0.25) is 0 Å². The van der Waals surface area contributed by atoms with Crippen LogP contribution in [0.5, 0.6) is 11.5 Å². The van der Waals surface area contributed by atoms with Crippen molar-refractivity contribution >= 4 is 22.0 Å². The van der Waals surface area contributed by atoms with Crippen LogP contribution in [0.4, 0.5) is 4.79 Å². The van der Waals surface area contributed by atoms with E-state index in [-0.39, 0.29) is 17.8 Å². The number of carbonyl (C=O) groups is 1. The number of fused-ring (bicyclic) bond motifs is 1. The molecule has 1 aromatic carbocycles. The Kier molecular flexibility index (Phi) is 3.95. The topological polar surface area (TPSA) is 65.0 Å². The van der Waals surface area contributed by atoms with Gasteiger partial charge in [0.25, 0.3) is 0 Å². The van der Waals surface area contributed by atoms with Crippen LogP contribution in [-0.2, 0) is 6.54 Å². The Morgan fingerprint density at radius 3 is 3.05 bits per heavy atom. The van der Waals surface area contributed by atoms with Gasteiger partial charge in [-0.3, -0.25) is 4.90 Å². The first-order valence-electron chi connectivity index (χ1n) is 6.90. The monoisotopic (exact) mass is 355 g/mol. The number of amides is 2. The number of benzene rings is 1. The minimum absolute atomic E-state index is 0.0497. The lowest BCUT2D eigenvalue weighted by atomic mass is 10.1. The second-order valence-electron chi connectivity index (χ2n) is 5.40. The van der Waals surface area contributed by atoms with Crippen molar-refractivity contribution in [3.63, 3.8) is 0 Å². The summed E-state index contributed by atoms with van der Waals surface area (Å²) in [6.45, 7) is 3.96. The number of nitrogens with zero attached hydrogens (tertiary/aromatic N) is 2. The third kappa shape index (κ3) is 2.80. The highest BCUT2D eigenvalue weighted by atomic mass is 79.9. The van der Waals surface area contributed by atoms with E-state index in [1.165, 1.54) is 0 Å². The van der Waals surface area contributed by atoms with Gasteiger partial charge in [-0.1, -0.05) is 0 Å². The average Bonchev–Trinajstić information content (AvgIpc) is 2.83. The molecule has 1 unspecified atom stereocenters. The van der Waals surface area contributed by atoms with Crippen LogP contribution >= 0.6 is 15.9 Å². The summed E-state index contributed by atoms with van der Waals surface area (Å²) in [5.74, 6) is 0.590. The minimum atomic E-state index is 0.0497. The van der Waals surface area contributed by atoms with Crippen LogP contribution in [0.15, 0.2) is 16.6 Å². The number of aromatic hydroxyl groups is 1. The molecule has 0 bridgehead atoms. The van der Waals surface area contributed by atoms with Gasteiger partial charge >= 0.3 is 6.03 Å². The lowest BCUT2D eigenvalue weighted by Gasteiger charge is -2.36. The number of rotatable bonds is 3. The molecule has 2 aliphatic heterocycles. The van der Waals surface area contributed by atoms with Crippen molar-refractivity contribution in [1.82, 2.24) is 15.1 Å². The number of carbonyl (C=O) groups excluding carboxylic acids is 1. The van der Waals surface area contributed by atoms with Crippen LogP contribution in [0.2, 0.25) is 0 Å². The molecule has 2 amide bonds. The maximum Gasteiger partial charge on any atom is 0.317 e. The zero-order valence-electron chi connectivity index (χ0n) is 11.8. The Labute approximate surface area is 131 Å². The molecule has 2 fully saturated rings. The zero-order valence-corrected chi connectivity index (χ0v) is 13.4. The van der Waals surface area contributed by atoms with Gasteiger partial charge in [-0.15, -0.1) is 0 Å². The highest BCUT2D eigenvalue weighted by Crippen LogP contribution is 2.35. The molecule has 114 valence electrons. The van der Waals surface area contributed by atoms with Crippen molar-refractivity contribution in [1.29, 1.82) is 0 Å². The van der Waals surface area contributed by atoms with E-state index in [4.69, 9.17) is 4.74 Å². The molecule has 2 heterocycles. The van der Waals surface area contributed by atoms with Gasteiger partial charge in [-0.25, -0.2) is 4.79 Å². The van der Waals surface area contributed by atoms with E-state index in [0.717, 1.165) is 38.3 Å². The summed E-state index contributed by atoms with van der Waals surface area (Å²) < 4.78 is 5.81. The number of piperazine rings is 1. The van der Waals surface area contributed by atoms with Crippen LogP contribution in [0, 0.1) is 0 Å². The van der Waals surface area contributed by atoms with Crippen molar-refractivity contribution in [2.24, 2.45) is 0 Å². The molecule has 0 saturated carbocycles. The van der Waals surface area contributed by atoms with Crippen LogP contribution in [0.1, 0.15) is 5.56 Å². The molecule has 2 saturated heterocycles. The normalized spacial score (nSPS) is 22.1. The van der Waals surface area contributed by atoms with Gasteiger partial charge < -0.3 is 20.1 Å². The smallest absolute Gasteiger partial charge is 0.317 e. The summed E-state index contributed by atoms with van der Waals surface area (Å²) in [4.78, 5) is 15.8. The number of methoxy groups -OCH3 is 1. The summed E-state index contributed by atoms with van der Waals surface area (Å²) in [6.07, 6.45) is 0. The lowest BCUT2D eigenvalue weighted by molar-refractivity contribution is 0.116. The Morgan fingerprint density at radius 1 is 1.48 bits per heavy atom. The number of phenolic OH excluding ortho intramolecular Hbond substituents is 1. The summed E-state index contributed by atoms with van der Waals surface area (Å²) in [7, 11) is 1.54. The molecule has 0 spiro atoms. The quantitative estimate of drug-likeness (QED) is 0.859. The van der Waals surface area contributed by atoms with E-state index in [1.54, 1.807) is 7.11 Å². The molecule has 1 atom stereocenters. The van der Waals surface area contributed by atoms with Crippen LogP contribution in [-0.4, -0.2) is 60.3 Å². The zero-order chi connectivity index (χ0) is 15.0. The first kappa shape index (κ1) is 14.5. The Hall–Kier alpha value is -1.47. The van der Waals surface area contributed by atoms with Crippen LogP contribution in [0.25, 0.3) is 0 Å². The van der Waals surface area contributed by atoms with E-state index < -0.39 is 0 Å². The third-order valence-electron chi connectivity index (χ3n) is 4.03. The number of hydrogen-bond acceptors (Lipinski definition) is 4. The van der Waals surface area contributed by atoms with Gasteiger partial charge in [0.1, 0.15) is 0 Å². The fraction of sp³-hybridized carbons (Fsp3) is 0.500. The minimum Gasteiger partial charge on any atom is -0.503 e. The predicted molar refractivity (Wildman–Crippen MR) is 81.5 cm³/mol. The summed E-state index contributed by atoms with van der Waals surface area (Å²) in [5, 5.41) is 12.7.